The Kier molecular flexibility index (Phi) is 4.43. The summed E-state index contributed by atoms with van der Waals surface area (Å²) in [5.74, 6) is 0.841. The first-order valence-electron chi connectivity index (χ1n) is 7.88. The third-order valence-corrected chi connectivity index (χ3v) is 4.04. The number of pyridine rings is 1. The maximum Gasteiger partial charge on any atom is 0.270 e. The molecule has 0 saturated heterocycles. The SMILES string of the molecule is Cc1cccc(C(=O)NC2CCc3onc(CN(C)C)c3C2)n1. The highest BCUT2D eigenvalue weighted by Crippen LogP contribution is 2.25. The zero-order valence-corrected chi connectivity index (χ0v) is 13.8. The Balaban J connectivity index is 1.69. The van der Waals surface area contributed by atoms with Crippen molar-refractivity contribution in [3.8, 4) is 0 Å². The van der Waals surface area contributed by atoms with E-state index in [2.05, 4.69) is 20.4 Å². The number of fused-ring (bicyclic) bond motifs is 1. The molecule has 0 saturated carbocycles. The molecule has 3 rings (SSSR count). The van der Waals surface area contributed by atoms with Crippen LogP contribution in [0.1, 0.15) is 39.6 Å². The van der Waals surface area contributed by atoms with Gasteiger partial charge in [0.2, 0.25) is 0 Å². The Labute approximate surface area is 135 Å². The van der Waals surface area contributed by atoms with Gasteiger partial charge in [-0.25, -0.2) is 4.98 Å². The number of aryl methyl sites for hydroxylation is 2. The average molecular weight is 314 g/mol. The molecule has 2 aromatic heterocycles. The lowest BCUT2D eigenvalue weighted by molar-refractivity contribution is 0.0927. The molecule has 122 valence electrons. The zero-order valence-electron chi connectivity index (χ0n) is 13.8. The van der Waals surface area contributed by atoms with E-state index in [-0.39, 0.29) is 11.9 Å². The summed E-state index contributed by atoms with van der Waals surface area (Å²) in [4.78, 5) is 18.7. The topological polar surface area (TPSA) is 71.3 Å². The first kappa shape index (κ1) is 15.7. The third-order valence-electron chi connectivity index (χ3n) is 4.04. The van der Waals surface area contributed by atoms with E-state index in [1.54, 1.807) is 6.07 Å². The molecule has 2 aromatic rings. The molecule has 6 heteroatoms. The fraction of sp³-hybridized carbons (Fsp3) is 0.471. The number of nitrogens with one attached hydrogen (secondary N) is 1. The van der Waals surface area contributed by atoms with Gasteiger partial charge in [0.1, 0.15) is 17.1 Å². The van der Waals surface area contributed by atoms with Crippen LogP contribution in [0.3, 0.4) is 0 Å². The molecular formula is C17H22N4O2. The van der Waals surface area contributed by atoms with E-state index in [9.17, 15) is 4.79 Å². The lowest BCUT2D eigenvalue weighted by Crippen LogP contribution is -2.39. The van der Waals surface area contributed by atoms with E-state index in [0.717, 1.165) is 48.5 Å². The van der Waals surface area contributed by atoms with Gasteiger partial charge in [-0.05, 0) is 46.0 Å². The van der Waals surface area contributed by atoms with Crippen molar-refractivity contribution in [1.29, 1.82) is 0 Å². The number of amides is 1. The van der Waals surface area contributed by atoms with Crippen LogP contribution >= 0.6 is 0 Å². The monoisotopic (exact) mass is 314 g/mol. The van der Waals surface area contributed by atoms with Crippen LogP contribution in [0.2, 0.25) is 0 Å². The average Bonchev–Trinajstić information content (AvgIpc) is 2.89. The van der Waals surface area contributed by atoms with Crippen LogP contribution in [0.5, 0.6) is 0 Å². The number of carbonyl (C=O) groups is 1. The summed E-state index contributed by atoms with van der Waals surface area (Å²) in [7, 11) is 4.01. The van der Waals surface area contributed by atoms with Gasteiger partial charge < -0.3 is 14.7 Å². The first-order valence-corrected chi connectivity index (χ1v) is 7.88. The van der Waals surface area contributed by atoms with Gasteiger partial charge in [0.05, 0.1) is 0 Å². The van der Waals surface area contributed by atoms with Crippen molar-refractivity contribution in [3.05, 3.63) is 46.6 Å². The minimum Gasteiger partial charge on any atom is -0.361 e. The fourth-order valence-corrected chi connectivity index (χ4v) is 2.94. The van der Waals surface area contributed by atoms with Crippen molar-refractivity contribution in [2.45, 2.75) is 38.8 Å². The van der Waals surface area contributed by atoms with E-state index in [1.165, 1.54) is 0 Å². The number of nitrogens with zero attached hydrogens (tertiary/aromatic N) is 3. The number of hydrogen-bond donors (Lipinski definition) is 1. The molecule has 1 unspecified atom stereocenters. The van der Waals surface area contributed by atoms with Gasteiger partial charge in [-0.3, -0.25) is 4.79 Å². The van der Waals surface area contributed by atoms with Gasteiger partial charge >= 0.3 is 0 Å². The zero-order chi connectivity index (χ0) is 16.4. The van der Waals surface area contributed by atoms with Crippen LogP contribution in [-0.4, -0.2) is 41.1 Å². The van der Waals surface area contributed by atoms with Crippen molar-refractivity contribution < 1.29 is 9.32 Å². The second-order valence-corrected chi connectivity index (χ2v) is 6.35. The van der Waals surface area contributed by atoms with Gasteiger partial charge in [-0.1, -0.05) is 11.2 Å². The molecule has 0 aromatic carbocycles. The quantitative estimate of drug-likeness (QED) is 0.930. The van der Waals surface area contributed by atoms with Gasteiger partial charge in [0.25, 0.3) is 5.91 Å². The molecule has 0 fully saturated rings. The van der Waals surface area contributed by atoms with Gasteiger partial charge in [-0.2, -0.15) is 0 Å². The Morgan fingerprint density at radius 3 is 3.00 bits per heavy atom. The lowest BCUT2D eigenvalue weighted by Gasteiger charge is -2.23. The first-order chi connectivity index (χ1) is 11.0. The Morgan fingerprint density at radius 2 is 2.26 bits per heavy atom. The largest absolute Gasteiger partial charge is 0.361 e. The van der Waals surface area contributed by atoms with Crippen molar-refractivity contribution in [2.75, 3.05) is 14.1 Å². The third kappa shape index (κ3) is 3.59. The van der Waals surface area contributed by atoms with E-state index in [4.69, 9.17) is 4.52 Å². The second kappa shape index (κ2) is 6.50. The maximum atomic E-state index is 12.4. The highest BCUT2D eigenvalue weighted by Gasteiger charge is 2.27. The normalized spacial score (nSPS) is 17.1. The van der Waals surface area contributed by atoms with Gasteiger partial charge in [0, 0.05) is 30.3 Å². The molecule has 6 nitrogen and oxygen atoms in total. The minimum atomic E-state index is -0.118. The van der Waals surface area contributed by atoms with Crippen LogP contribution in [0, 0.1) is 6.92 Å². The number of rotatable bonds is 4. The number of aromatic nitrogens is 2. The van der Waals surface area contributed by atoms with E-state index in [0.29, 0.717) is 5.69 Å². The lowest BCUT2D eigenvalue weighted by atomic mass is 9.92. The number of carbonyl (C=O) groups excluding carboxylic acids is 1. The summed E-state index contributed by atoms with van der Waals surface area (Å²) in [6.07, 6.45) is 2.43. The summed E-state index contributed by atoms with van der Waals surface area (Å²) in [5.41, 5.74) is 3.43. The Hall–Kier alpha value is -2.21. The van der Waals surface area contributed by atoms with E-state index < -0.39 is 0 Å². The molecule has 1 aliphatic rings. The molecule has 0 bridgehead atoms. The summed E-state index contributed by atoms with van der Waals surface area (Å²) in [5, 5.41) is 7.27. The minimum absolute atomic E-state index is 0.0950. The highest BCUT2D eigenvalue weighted by atomic mass is 16.5. The maximum absolute atomic E-state index is 12.4. The number of hydrogen-bond acceptors (Lipinski definition) is 5. The van der Waals surface area contributed by atoms with Crippen molar-refractivity contribution in [3.63, 3.8) is 0 Å². The van der Waals surface area contributed by atoms with Crippen molar-refractivity contribution >= 4 is 5.91 Å². The molecule has 0 aliphatic heterocycles. The molecule has 0 spiro atoms. The smallest absolute Gasteiger partial charge is 0.270 e. The Bertz CT molecular complexity index is 708. The summed E-state index contributed by atoms with van der Waals surface area (Å²) in [6, 6.07) is 5.57. The van der Waals surface area contributed by atoms with Crippen molar-refractivity contribution in [1.82, 2.24) is 20.4 Å². The molecular weight excluding hydrogens is 292 g/mol. The van der Waals surface area contributed by atoms with E-state index >= 15 is 0 Å². The summed E-state index contributed by atoms with van der Waals surface area (Å²) in [6.45, 7) is 2.63. The van der Waals surface area contributed by atoms with Crippen LogP contribution < -0.4 is 5.32 Å². The highest BCUT2D eigenvalue weighted by molar-refractivity contribution is 5.92. The Morgan fingerprint density at radius 1 is 1.43 bits per heavy atom. The molecule has 1 atom stereocenters. The summed E-state index contributed by atoms with van der Waals surface area (Å²) >= 11 is 0. The fourth-order valence-electron chi connectivity index (χ4n) is 2.94. The standard InChI is InChI=1S/C17H22N4O2/c1-11-5-4-6-14(18-11)17(22)19-12-7-8-16-13(9-12)15(20-23-16)10-21(2)3/h4-6,12H,7-10H2,1-3H3,(H,19,22). The van der Waals surface area contributed by atoms with Crippen LogP contribution in [0.15, 0.2) is 22.7 Å². The van der Waals surface area contributed by atoms with Crippen molar-refractivity contribution in [2.24, 2.45) is 0 Å². The van der Waals surface area contributed by atoms with Gasteiger partial charge in [-0.15, -0.1) is 0 Å². The predicted octanol–water partition coefficient (Wildman–Crippen LogP) is 1.73. The predicted molar refractivity (Wildman–Crippen MR) is 86.1 cm³/mol. The summed E-state index contributed by atoms with van der Waals surface area (Å²) < 4.78 is 5.44. The van der Waals surface area contributed by atoms with Crippen LogP contribution in [-0.2, 0) is 19.4 Å². The molecule has 1 N–H and O–H groups in total. The van der Waals surface area contributed by atoms with Crippen LogP contribution in [0.4, 0.5) is 0 Å². The second-order valence-electron chi connectivity index (χ2n) is 6.35. The van der Waals surface area contributed by atoms with Gasteiger partial charge in [0.15, 0.2) is 0 Å². The molecule has 23 heavy (non-hydrogen) atoms. The molecule has 1 aliphatic carbocycles. The van der Waals surface area contributed by atoms with Crippen LogP contribution in [0.25, 0.3) is 0 Å². The molecule has 1 amide bonds. The molecule has 0 radical (unpaired) electrons. The molecule has 2 heterocycles. The van der Waals surface area contributed by atoms with E-state index in [1.807, 2.05) is 33.2 Å².